The summed E-state index contributed by atoms with van der Waals surface area (Å²) in [6.45, 7) is 0. The van der Waals surface area contributed by atoms with E-state index in [1.807, 2.05) is 18.5 Å². The maximum atomic E-state index is 4.80. The lowest BCUT2D eigenvalue weighted by atomic mass is 10.0. The fourth-order valence-electron chi connectivity index (χ4n) is 2.48. The molecule has 0 atom stereocenters. The van der Waals surface area contributed by atoms with Gasteiger partial charge in [-0.05, 0) is 30.4 Å². The van der Waals surface area contributed by atoms with Crippen molar-refractivity contribution in [1.29, 1.82) is 0 Å². The zero-order chi connectivity index (χ0) is 13.4. The van der Waals surface area contributed by atoms with Gasteiger partial charge in [0.25, 0.3) is 0 Å². The largest absolute Gasteiger partial charge is 0.264 e. The molecule has 0 aliphatic heterocycles. The summed E-state index contributed by atoms with van der Waals surface area (Å²) < 4.78 is 0. The standard InChI is InChI=1S/C17H14N2S/c1-2-4-13(5-3-1)17-19-16(11-20-17)15-10-18-9-8-14(15)12-6-7-12/h1-5,8-12H,6-7H2. The van der Waals surface area contributed by atoms with Crippen LogP contribution in [0.5, 0.6) is 0 Å². The Labute approximate surface area is 122 Å². The third-order valence-electron chi connectivity index (χ3n) is 3.67. The van der Waals surface area contributed by atoms with Crippen molar-refractivity contribution in [1.82, 2.24) is 9.97 Å². The predicted molar refractivity (Wildman–Crippen MR) is 82.8 cm³/mol. The quantitative estimate of drug-likeness (QED) is 0.691. The maximum Gasteiger partial charge on any atom is 0.124 e. The molecule has 0 radical (unpaired) electrons. The third-order valence-corrected chi connectivity index (χ3v) is 4.56. The minimum absolute atomic E-state index is 0.717. The first-order valence-corrected chi connectivity index (χ1v) is 7.75. The zero-order valence-corrected chi connectivity index (χ0v) is 11.8. The Morgan fingerprint density at radius 3 is 2.70 bits per heavy atom. The van der Waals surface area contributed by atoms with E-state index in [1.54, 1.807) is 11.3 Å². The van der Waals surface area contributed by atoms with E-state index in [4.69, 9.17) is 4.98 Å². The Balaban J connectivity index is 1.75. The molecule has 3 heteroatoms. The fraction of sp³-hybridized carbons (Fsp3) is 0.176. The molecule has 0 saturated heterocycles. The second-order valence-electron chi connectivity index (χ2n) is 5.14. The molecule has 0 N–H and O–H groups in total. The molecule has 2 nitrogen and oxygen atoms in total. The summed E-state index contributed by atoms with van der Waals surface area (Å²) in [5.41, 5.74) is 4.85. The second kappa shape index (κ2) is 4.84. The molecule has 1 aliphatic rings. The van der Waals surface area contributed by atoms with Gasteiger partial charge < -0.3 is 0 Å². The topological polar surface area (TPSA) is 25.8 Å². The Kier molecular flexibility index (Phi) is 2.85. The molecule has 20 heavy (non-hydrogen) atoms. The summed E-state index contributed by atoms with van der Waals surface area (Å²) in [6, 6.07) is 12.5. The summed E-state index contributed by atoms with van der Waals surface area (Å²) in [7, 11) is 0. The van der Waals surface area contributed by atoms with Crippen LogP contribution in [0.4, 0.5) is 0 Å². The van der Waals surface area contributed by atoms with Gasteiger partial charge in [0.05, 0.1) is 5.69 Å². The zero-order valence-electron chi connectivity index (χ0n) is 11.0. The van der Waals surface area contributed by atoms with Crippen LogP contribution in [0.1, 0.15) is 24.3 Å². The molecule has 0 amide bonds. The van der Waals surface area contributed by atoms with Crippen molar-refractivity contribution >= 4 is 11.3 Å². The van der Waals surface area contributed by atoms with Gasteiger partial charge in [-0.15, -0.1) is 11.3 Å². The van der Waals surface area contributed by atoms with Crippen molar-refractivity contribution in [3.63, 3.8) is 0 Å². The highest BCUT2D eigenvalue weighted by Crippen LogP contribution is 2.44. The van der Waals surface area contributed by atoms with Gasteiger partial charge in [0, 0.05) is 28.9 Å². The van der Waals surface area contributed by atoms with Gasteiger partial charge in [-0.25, -0.2) is 4.98 Å². The van der Waals surface area contributed by atoms with Gasteiger partial charge >= 0.3 is 0 Å². The fourth-order valence-corrected chi connectivity index (χ4v) is 3.31. The second-order valence-corrected chi connectivity index (χ2v) is 6.00. The van der Waals surface area contributed by atoms with Gasteiger partial charge in [0.15, 0.2) is 0 Å². The van der Waals surface area contributed by atoms with Crippen LogP contribution < -0.4 is 0 Å². The molecular weight excluding hydrogens is 264 g/mol. The lowest BCUT2D eigenvalue weighted by Crippen LogP contribution is -1.89. The van der Waals surface area contributed by atoms with Crippen LogP contribution in [-0.2, 0) is 0 Å². The summed E-state index contributed by atoms with van der Waals surface area (Å²) in [4.78, 5) is 9.08. The molecule has 2 aromatic heterocycles. The molecular formula is C17H14N2S. The number of nitrogens with zero attached hydrogens (tertiary/aromatic N) is 2. The molecule has 1 aliphatic carbocycles. The van der Waals surface area contributed by atoms with Crippen LogP contribution in [-0.4, -0.2) is 9.97 Å². The summed E-state index contributed by atoms with van der Waals surface area (Å²) in [5, 5.41) is 3.22. The van der Waals surface area contributed by atoms with Crippen LogP contribution in [0.15, 0.2) is 54.2 Å². The molecule has 1 fully saturated rings. The predicted octanol–water partition coefficient (Wildman–Crippen LogP) is 4.75. The maximum absolute atomic E-state index is 4.80. The molecule has 1 saturated carbocycles. The molecule has 0 bridgehead atoms. The smallest absolute Gasteiger partial charge is 0.124 e. The van der Waals surface area contributed by atoms with Crippen molar-refractivity contribution in [2.24, 2.45) is 0 Å². The molecule has 98 valence electrons. The van der Waals surface area contributed by atoms with Gasteiger partial charge in [-0.3, -0.25) is 4.98 Å². The van der Waals surface area contributed by atoms with E-state index >= 15 is 0 Å². The summed E-state index contributed by atoms with van der Waals surface area (Å²) in [6.07, 6.45) is 6.44. The highest BCUT2D eigenvalue weighted by molar-refractivity contribution is 7.13. The van der Waals surface area contributed by atoms with E-state index in [1.165, 1.54) is 29.5 Å². The van der Waals surface area contributed by atoms with E-state index in [0.29, 0.717) is 0 Å². The van der Waals surface area contributed by atoms with Crippen molar-refractivity contribution in [2.45, 2.75) is 18.8 Å². The van der Waals surface area contributed by atoms with E-state index in [0.717, 1.165) is 16.6 Å². The van der Waals surface area contributed by atoms with Gasteiger partial charge in [0.1, 0.15) is 5.01 Å². The monoisotopic (exact) mass is 278 g/mol. The minimum Gasteiger partial charge on any atom is -0.264 e. The van der Waals surface area contributed by atoms with E-state index in [-0.39, 0.29) is 0 Å². The lowest BCUT2D eigenvalue weighted by molar-refractivity contribution is 1.11. The average Bonchev–Trinajstić information content (AvgIpc) is 3.25. The van der Waals surface area contributed by atoms with Crippen LogP contribution in [0.25, 0.3) is 21.8 Å². The van der Waals surface area contributed by atoms with E-state index in [2.05, 4.69) is 40.7 Å². The molecule has 4 rings (SSSR count). The first kappa shape index (κ1) is 11.8. The number of benzene rings is 1. The molecule has 0 spiro atoms. The van der Waals surface area contributed by atoms with Gasteiger partial charge in [0.2, 0.25) is 0 Å². The van der Waals surface area contributed by atoms with Crippen molar-refractivity contribution < 1.29 is 0 Å². The molecule has 0 unspecified atom stereocenters. The number of aromatic nitrogens is 2. The highest BCUT2D eigenvalue weighted by atomic mass is 32.1. The Morgan fingerprint density at radius 2 is 1.90 bits per heavy atom. The van der Waals surface area contributed by atoms with Crippen molar-refractivity contribution in [3.05, 3.63) is 59.7 Å². The van der Waals surface area contributed by atoms with Crippen molar-refractivity contribution in [2.75, 3.05) is 0 Å². The molecule has 2 heterocycles. The number of thiazole rings is 1. The summed E-state index contributed by atoms with van der Waals surface area (Å²) in [5.74, 6) is 0.717. The van der Waals surface area contributed by atoms with E-state index < -0.39 is 0 Å². The summed E-state index contributed by atoms with van der Waals surface area (Å²) >= 11 is 1.70. The lowest BCUT2D eigenvalue weighted by Gasteiger charge is -2.04. The first-order valence-electron chi connectivity index (χ1n) is 6.87. The molecule has 3 aromatic rings. The number of pyridine rings is 1. The Morgan fingerprint density at radius 1 is 1.05 bits per heavy atom. The van der Waals surface area contributed by atoms with Crippen LogP contribution in [0.3, 0.4) is 0 Å². The molecule has 1 aromatic carbocycles. The SMILES string of the molecule is c1ccc(-c2nc(-c3cnccc3C3CC3)cs2)cc1. The van der Waals surface area contributed by atoms with E-state index in [9.17, 15) is 0 Å². The normalized spacial score (nSPS) is 14.4. The number of hydrogen-bond acceptors (Lipinski definition) is 3. The van der Waals surface area contributed by atoms with Crippen LogP contribution in [0.2, 0.25) is 0 Å². The Bertz CT molecular complexity index is 730. The minimum atomic E-state index is 0.717. The third kappa shape index (κ3) is 2.14. The van der Waals surface area contributed by atoms with Crippen molar-refractivity contribution in [3.8, 4) is 21.8 Å². The Hall–Kier alpha value is -2.00. The van der Waals surface area contributed by atoms with Gasteiger partial charge in [-0.1, -0.05) is 30.3 Å². The number of rotatable bonds is 3. The highest BCUT2D eigenvalue weighted by Gasteiger charge is 2.26. The first-order chi connectivity index (χ1) is 9.92. The van der Waals surface area contributed by atoms with Crippen LogP contribution in [0, 0.1) is 0 Å². The average molecular weight is 278 g/mol. The number of hydrogen-bond donors (Lipinski definition) is 0. The van der Waals surface area contributed by atoms with Gasteiger partial charge in [-0.2, -0.15) is 0 Å². The van der Waals surface area contributed by atoms with Crippen LogP contribution >= 0.6 is 11.3 Å².